The summed E-state index contributed by atoms with van der Waals surface area (Å²) in [4.78, 5) is 10.2. The van der Waals surface area contributed by atoms with Crippen LogP contribution in [0.3, 0.4) is 0 Å². The van der Waals surface area contributed by atoms with Gasteiger partial charge < -0.3 is 0 Å². The normalized spacial score (nSPS) is 48.8. The van der Waals surface area contributed by atoms with Crippen LogP contribution in [0.4, 0.5) is 0 Å². The molecular formula is C17H26N2. The second-order valence-corrected chi connectivity index (χ2v) is 7.22. The van der Waals surface area contributed by atoms with E-state index < -0.39 is 0 Å². The molecule has 2 fully saturated rings. The number of fused-ring (bicyclic) bond motifs is 5. The average Bonchev–Trinajstić information content (AvgIpc) is 2.47. The fourth-order valence-corrected chi connectivity index (χ4v) is 5.30. The van der Waals surface area contributed by atoms with E-state index in [1.54, 1.807) is 0 Å². The second-order valence-electron chi connectivity index (χ2n) is 7.22. The summed E-state index contributed by atoms with van der Waals surface area (Å²) in [7, 11) is 0. The molecule has 6 unspecified atom stereocenters. The van der Waals surface area contributed by atoms with E-state index in [1.165, 1.54) is 57.1 Å². The molecule has 2 saturated carbocycles. The lowest BCUT2D eigenvalue weighted by atomic mass is 9.63. The minimum absolute atomic E-state index is 0.536. The van der Waals surface area contributed by atoms with Gasteiger partial charge in [-0.2, -0.15) is 0 Å². The van der Waals surface area contributed by atoms with Crippen LogP contribution < -0.4 is 0 Å². The minimum atomic E-state index is 0.536. The van der Waals surface area contributed by atoms with Crippen LogP contribution in [0.25, 0.3) is 0 Å². The molecule has 2 aliphatic heterocycles. The summed E-state index contributed by atoms with van der Waals surface area (Å²) in [6.45, 7) is 2.30. The number of rotatable bonds is 0. The molecule has 0 spiro atoms. The molecule has 0 aromatic heterocycles. The van der Waals surface area contributed by atoms with E-state index in [2.05, 4.69) is 13.1 Å². The Balaban J connectivity index is 1.69. The highest BCUT2D eigenvalue weighted by Gasteiger charge is 2.47. The van der Waals surface area contributed by atoms with Gasteiger partial charge in [-0.15, -0.1) is 0 Å². The van der Waals surface area contributed by atoms with Gasteiger partial charge in [-0.25, -0.2) is 0 Å². The quantitative estimate of drug-likeness (QED) is 0.629. The van der Waals surface area contributed by atoms with Crippen LogP contribution in [0.2, 0.25) is 0 Å². The minimum Gasteiger partial charge on any atom is -0.291 e. The zero-order valence-electron chi connectivity index (χ0n) is 12.1. The highest BCUT2D eigenvalue weighted by atomic mass is 15.0. The Hall–Kier alpha value is -0.660. The molecule has 4 aliphatic rings. The van der Waals surface area contributed by atoms with Crippen LogP contribution in [0, 0.1) is 23.7 Å². The van der Waals surface area contributed by atoms with Crippen molar-refractivity contribution in [1.82, 2.24) is 0 Å². The summed E-state index contributed by atoms with van der Waals surface area (Å²) >= 11 is 0. The van der Waals surface area contributed by atoms with Gasteiger partial charge >= 0.3 is 0 Å². The molecule has 0 aromatic rings. The third-order valence-corrected chi connectivity index (χ3v) is 6.26. The van der Waals surface area contributed by atoms with E-state index in [-0.39, 0.29) is 0 Å². The zero-order valence-corrected chi connectivity index (χ0v) is 12.1. The third kappa shape index (κ3) is 1.90. The molecule has 2 heterocycles. The van der Waals surface area contributed by atoms with Crippen molar-refractivity contribution in [3.05, 3.63) is 0 Å². The van der Waals surface area contributed by atoms with Crippen LogP contribution in [0.5, 0.6) is 0 Å². The van der Waals surface area contributed by atoms with Gasteiger partial charge in [0.2, 0.25) is 0 Å². The van der Waals surface area contributed by atoms with Crippen LogP contribution in [-0.2, 0) is 0 Å². The first-order valence-electron chi connectivity index (χ1n) is 8.42. The maximum atomic E-state index is 5.18. The molecule has 0 bridgehead atoms. The largest absolute Gasteiger partial charge is 0.291 e. The summed E-state index contributed by atoms with van der Waals surface area (Å²) in [5, 5.41) is 0. The summed E-state index contributed by atoms with van der Waals surface area (Å²) in [6, 6.07) is 1.07. The monoisotopic (exact) mass is 258 g/mol. The molecule has 0 aromatic carbocycles. The van der Waals surface area contributed by atoms with E-state index in [0.29, 0.717) is 12.1 Å². The van der Waals surface area contributed by atoms with E-state index in [9.17, 15) is 0 Å². The summed E-state index contributed by atoms with van der Waals surface area (Å²) in [6.07, 6.45) is 13.5. The second kappa shape index (κ2) is 4.71. The SMILES string of the molecule is CC1=NC2C3CCCCC3C=NC2C2CCCCC12. The molecule has 2 nitrogen and oxygen atoms in total. The van der Waals surface area contributed by atoms with Crippen molar-refractivity contribution in [3.8, 4) is 0 Å². The van der Waals surface area contributed by atoms with Crippen molar-refractivity contribution in [2.75, 3.05) is 0 Å². The number of hydrogen-bond acceptors (Lipinski definition) is 2. The first kappa shape index (κ1) is 12.1. The van der Waals surface area contributed by atoms with Gasteiger partial charge in [-0.05, 0) is 50.4 Å². The van der Waals surface area contributed by atoms with Crippen LogP contribution >= 0.6 is 0 Å². The van der Waals surface area contributed by atoms with Crippen LogP contribution in [-0.4, -0.2) is 24.0 Å². The highest BCUT2D eigenvalue weighted by Crippen LogP contribution is 2.46. The molecule has 0 amide bonds. The highest BCUT2D eigenvalue weighted by molar-refractivity contribution is 5.86. The van der Waals surface area contributed by atoms with Gasteiger partial charge in [-0.1, -0.05) is 25.7 Å². The van der Waals surface area contributed by atoms with Crippen molar-refractivity contribution in [2.45, 2.75) is 70.4 Å². The van der Waals surface area contributed by atoms with Gasteiger partial charge in [0.05, 0.1) is 12.1 Å². The molecule has 0 radical (unpaired) electrons. The maximum absolute atomic E-state index is 5.18. The molecule has 6 atom stereocenters. The molecule has 2 heteroatoms. The van der Waals surface area contributed by atoms with Gasteiger partial charge in [0, 0.05) is 17.8 Å². The predicted molar refractivity (Wildman–Crippen MR) is 80.1 cm³/mol. The maximum Gasteiger partial charge on any atom is 0.0759 e. The van der Waals surface area contributed by atoms with Gasteiger partial charge in [0.15, 0.2) is 0 Å². The van der Waals surface area contributed by atoms with Crippen LogP contribution in [0.15, 0.2) is 9.98 Å². The Bertz CT molecular complexity index is 411. The van der Waals surface area contributed by atoms with E-state index in [0.717, 1.165) is 23.7 Å². The lowest BCUT2D eigenvalue weighted by Gasteiger charge is -2.48. The van der Waals surface area contributed by atoms with Gasteiger partial charge in [0.25, 0.3) is 0 Å². The number of aliphatic imine (C=N–C) groups is 2. The lowest BCUT2D eigenvalue weighted by Crippen LogP contribution is -2.51. The molecule has 2 aliphatic carbocycles. The lowest BCUT2D eigenvalue weighted by molar-refractivity contribution is 0.148. The molecular weight excluding hydrogens is 232 g/mol. The van der Waals surface area contributed by atoms with Gasteiger partial charge in [-0.3, -0.25) is 9.98 Å². The number of nitrogens with zero attached hydrogens (tertiary/aromatic N) is 2. The van der Waals surface area contributed by atoms with Crippen molar-refractivity contribution in [3.63, 3.8) is 0 Å². The molecule has 19 heavy (non-hydrogen) atoms. The Labute approximate surface area is 116 Å². The fourth-order valence-electron chi connectivity index (χ4n) is 5.30. The Morgan fingerprint density at radius 3 is 2.53 bits per heavy atom. The van der Waals surface area contributed by atoms with E-state index in [4.69, 9.17) is 9.98 Å². The molecule has 104 valence electrons. The van der Waals surface area contributed by atoms with E-state index in [1.807, 2.05) is 0 Å². The number of hydrogen-bond donors (Lipinski definition) is 0. The first-order valence-corrected chi connectivity index (χ1v) is 8.42. The van der Waals surface area contributed by atoms with Crippen molar-refractivity contribution >= 4 is 11.9 Å². The Kier molecular flexibility index (Phi) is 3.00. The molecule has 0 N–H and O–H groups in total. The topological polar surface area (TPSA) is 24.7 Å². The van der Waals surface area contributed by atoms with Gasteiger partial charge in [0.1, 0.15) is 0 Å². The summed E-state index contributed by atoms with van der Waals surface area (Å²) in [5.41, 5.74) is 1.47. The molecule has 4 rings (SSSR count). The van der Waals surface area contributed by atoms with E-state index >= 15 is 0 Å². The van der Waals surface area contributed by atoms with Crippen molar-refractivity contribution in [1.29, 1.82) is 0 Å². The fraction of sp³-hybridized carbons (Fsp3) is 0.882. The molecule has 0 saturated heterocycles. The van der Waals surface area contributed by atoms with Crippen LogP contribution in [0.1, 0.15) is 58.3 Å². The average molecular weight is 258 g/mol. The zero-order chi connectivity index (χ0) is 12.8. The van der Waals surface area contributed by atoms with Crippen molar-refractivity contribution in [2.24, 2.45) is 33.7 Å². The first-order chi connectivity index (χ1) is 9.34. The standard InChI is InChI=1S/C17H26N2/c1-11-13-7-4-5-9-15(13)16-17(19-11)14-8-3-2-6-12(14)10-18-16/h10,12-17H,2-9H2,1H3. The third-order valence-electron chi connectivity index (χ3n) is 6.26. The Morgan fingerprint density at radius 1 is 0.895 bits per heavy atom. The predicted octanol–water partition coefficient (Wildman–Crippen LogP) is 3.90. The smallest absolute Gasteiger partial charge is 0.0759 e. The van der Waals surface area contributed by atoms with Crippen molar-refractivity contribution < 1.29 is 0 Å². The summed E-state index contributed by atoms with van der Waals surface area (Å²) < 4.78 is 0. The summed E-state index contributed by atoms with van der Waals surface area (Å²) in [5.74, 6) is 3.13. The Morgan fingerprint density at radius 2 is 1.63 bits per heavy atom.